The molecule has 5 heteroatoms. The van der Waals surface area contributed by atoms with Crippen LogP contribution >= 0.6 is 11.8 Å². The van der Waals surface area contributed by atoms with Crippen LogP contribution in [0, 0.1) is 6.92 Å². The third-order valence-corrected chi connectivity index (χ3v) is 7.02. The lowest BCUT2D eigenvalue weighted by Crippen LogP contribution is -2.04. The topological polar surface area (TPSA) is 44.1 Å². The molecule has 0 amide bonds. The highest BCUT2D eigenvalue weighted by Crippen LogP contribution is 2.31. The number of carbonyl (C=O) groups excluding carboxylic acids is 1. The summed E-state index contributed by atoms with van der Waals surface area (Å²) in [6.45, 7) is 5.03. The van der Waals surface area contributed by atoms with Crippen LogP contribution in [0.15, 0.2) is 90.1 Å². The number of rotatable bonds is 7. The average Bonchev–Trinajstić information content (AvgIpc) is 3.21. The van der Waals surface area contributed by atoms with E-state index in [-0.39, 0.29) is 5.97 Å². The minimum Gasteiger partial charge on any atom is -0.462 e. The average molecular weight is 467 g/mol. The highest BCUT2D eigenvalue weighted by atomic mass is 32.2. The van der Waals surface area contributed by atoms with E-state index >= 15 is 0 Å². The Kier molecular flexibility index (Phi) is 6.37. The monoisotopic (exact) mass is 466 g/mol. The maximum absolute atomic E-state index is 12.3. The molecule has 0 saturated heterocycles. The number of hydrogen-bond acceptors (Lipinski definition) is 4. The largest absolute Gasteiger partial charge is 0.462 e. The Bertz CT molecular complexity index is 1470. The van der Waals surface area contributed by atoms with Gasteiger partial charge in [-0.1, -0.05) is 78.5 Å². The number of benzene rings is 4. The third kappa shape index (κ3) is 4.44. The van der Waals surface area contributed by atoms with Crippen molar-refractivity contribution in [2.45, 2.75) is 31.3 Å². The normalized spacial score (nSPS) is 11.2. The van der Waals surface area contributed by atoms with Crippen molar-refractivity contribution in [3.63, 3.8) is 0 Å². The second-order valence-electron chi connectivity index (χ2n) is 8.27. The lowest BCUT2D eigenvalue weighted by Gasteiger charge is -2.11. The van der Waals surface area contributed by atoms with E-state index in [4.69, 9.17) is 9.72 Å². The summed E-state index contributed by atoms with van der Waals surface area (Å²) in [5.74, 6) is 0.492. The van der Waals surface area contributed by atoms with E-state index in [0.717, 1.165) is 21.9 Å². The maximum atomic E-state index is 12.3. The predicted molar refractivity (Wildman–Crippen MR) is 139 cm³/mol. The molecule has 0 spiro atoms. The lowest BCUT2D eigenvalue weighted by molar-refractivity contribution is 0.0526. The van der Waals surface area contributed by atoms with Crippen molar-refractivity contribution >= 4 is 39.5 Å². The van der Waals surface area contributed by atoms with Gasteiger partial charge in [0.15, 0.2) is 5.16 Å². The minimum atomic E-state index is -0.317. The Hall–Kier alpha value is -3.57. The van der Waals surface area contributed by atoms with Gasteiger partial charge in [0.05, 0.1) is 29.7 Å². The SMILES string of the molecule is CCOC(=O)c1ccc2c(c1)nc(SCc1ccc(C)c3ccccc13)n2Cc1ccccc1. The molecule has 1 heterocycles. The Labute approximate surface area is 203 Å². The fraction of sp³-hybridized carbons (Fsp3) is 0.172. The van der Waals surface area contributed by atoms with Crippen LogP contribution in [0.5, 0.6) is 0 Å². The summed E-state index contributed by atoms with van der Waals surface area (Å²) in [7, 11) is 0. The van der Waals surface area contributed by atoms with Gasteiger partial charge in [0.1, 0.15) is 0 Å². The zero-order chi connectivity index (χ0) is 23.5. The number of aryl methyl sites for hydroxylation is 1. The van der Waals surface area contributed by atoms with Crippen molar-refractivity contribution in [2.75, 3.05) is 6.61 Å². The summed E-state index contributed by atoms with van der Waals surface area (Å²) in [4.78, 5) is 17.2. The molecule has 0 N–H and O–H groups in total. The van der Waals surface area contributed by atoms with Crippen LogP contribution in [0.1, 0.15) is 34.0 Å². The van der Waals surface area contributed by atoms with Crippen LogP contribution in [0.4, 0.5) is 0 Å². The molecule has 5 rings (SSSR count). The molecule has 34 heavy (non-hydrogen) atoms. The van der Waals surface area contributed by atoms with Crippen molar-refractivity contribution in [1.82, 2.24) is 9.55 Å². The number of aromatic nitrogens is 2. The van der Waals surface area contributed by atoms with E-state index in [9.17, 15) is 4.79 Å². The first-order valence-corrected chi connectivity index (χ1v) is 12.4. The summed E-state index contributed by atoms with van der Waals surface area (Å²) in [5.41, 5.74) is 6.12. The second-order valence-corrected chi connectivity index (χ2v) is 9.21. The molecule has 0 bridgehead atoms. The quantitative estimate of drug-likeness (QED) is 0.191. The summed E-state index contributed by atoms with van der Waals surface area (Å²) in [5, 5.41) is 3.51. The van der Waals surface area contributed by atoms with Gasteiger partial charge in [-0.05, 0) is 59.5 Å². The van der Waals surface area contributed by atoms with Gasteiger partial charge in [-0.3, -0.25) is 0 Å². The number of thioether (sulfide) groups is 1. The molecule has 5 aromatic rings. The fourth-order valence-corrected chi connectivity index (χ4v) is 5.28. The first kappa shape index (κ1) is 22.2. The number of imidazole rings is 1. The van der Waals surface area contributed by atoms with Gasteiger partial charge in [0.2, 0.25) is 0 Å². The first-order chi connectivity index (χ1) is 16.6. The minimum absolute atomic E-state index is 0.317. The van der Waals surface area contributed by atoms with Crippen molar-refractivity contribution in [3.05, 3.63) is 107 Å². The van der Waals surface area contributed by atoms with Crippen LogP contribution in [-0.2, 0) is 17.0 Å². The molecule has 170 valence electrons. The molecule has 1 aromatic heterocycles. The Morgan fingerprint density at radius 3 is 2.50 bits per heavy atom. The third-order valence-electron chi connectivity index (χ3n) is 6.00. The molecule has 0 aliphatic heterocycles. The number of nitrogens with zero attached hydrogens (tertiary/aromatic N) is 2. The first-order valence-electron chi connectivity index (χ1n) is 11.5. The van der Waals surface area contributed by atoms with E-state index in [1.54, 1.807) is 11.8 Å². The van der Waals surface area contributed by atoms with E-state index < -0.39 is 0 Å². The molecule has 0 aliphatic rings. The van der Waals surface area contributed by atoms with E-state index in [0.29, 0.717) is 18.7 Å². The Morgan fingerprint density at radius 1 is 0.941 bits per heavy atom. The van der Waals surface area contributed by atoms with Gasteiger partial charge < -0.3 is 9.30 Å². The number of ether oxygens (including phenoxy) is 1. The number of hydrogen-bond donors (Lipinski definition) is 0. The van der Waals surface area contributed by atoms with Crippen molar-refractivity contribution in [2.24, 2.45) is 0 Å². The molecule has 0 unspecified atom stereocenters. The zero-order valence-electron chi connectivity index (χ0n) is 19.3. The van der Waals surface area contributed by atoms with Gasteiger partial charge in [-0.25, -0.2) is 9.78 Å². The van der Waals surface area contributed by atoms with E-state index in [2.05, 4.69) is 72.2 Å². The summed E-state index contributed by atoms with van der Waals surface area (Å²) in [6, 6.07) is 29.0. The molecular weight excluding hydrogens is 440 g/mol. The predicted octanol–water partition coefficient (Wildman–Crippen LogP) is 7.02. The molecule has 0 fully saturated rings. The van der Waals surface area contributed by atoms with Crippen molar-refractivity contribution in [3.8, 4) is 0 Å². The van der Waals surface area contributed by atoms with Crippen LogP contribution in [0.3, 0.4) is 0 Å². The van der Waals surface area contributed by atoms with Gasteiger partial charge in [-0.15, -0.1) is 0 Å². The maximum Gasteiger partial charge on any atom is 0.338 e. The molecular formula is C29H26N2O2S. The van der Waals surface area contributed by atoms with Crippen LogP contribution in [0.25, 0.3) is 21.8 Å². The van der Waals surface area contributed by atoms with E-state index in [1.165, 1.54) is 27.5 Å². The van der Waals surface area contributed by atoms with Crippen LogP contribution in [0.2, 0.25) is 0 Å². The standard InChI is InChI=1S/C29H26N2O2S/c1-3-33-28(32)22-15-16-27-26(17-22)30-29(31(27)18-21-9-5-4-6-10-21)34-19-23-14-13-20(2)24-11-7-8-12-25(23)24/h4-17H,3,18-19H2,1-2H3. The van der Waals surface area contributed by atoms with Crippen molar-refractivity contribution in [1.29, 1.82) is 0 Å². The van der Waals surface area contributed by atoms with Gasteiger partial charge in [0.25, 0.3) is 0 Å². The molecule has 0 saturated carbocycles. The van der Waals surface area contributed by atoms with Crippen LogP contribution < -0.4 is 0 Å². The van der Waals surface area contributed by atoms with Gasteiger partial charge >= 0.3 is 5.97 Å². The highest BCUT2D eigenvalue weighted by Gasteiger charge is 2.16. The Balaban J connectivity index is 1.53. The van der Waals surface area contributed by atoms with Crippen molar-refractivity contribution < 1.29 is 9.53 Å². The van der Waals surface area contributed by atoms with Crippen LogP contribution in [-0.4, -0.2) is 22.1 Å². The second kappa shape index (κ2) is 9.74. The molecule has 0 radical (unpaired) electrons. The lowest BCUT2D eigenvalue weighted by atomic mass is 10.0. The van der Waals surface area contributed by atoms with Gasteiger partial charge in [-0.2, -0.15) is 0 Å². The highest BCUT2D eigenvalue weighted by molar-refractivity contribution is 7.98. The molecule has 4 nitrogen and oxygen atoms in total. The number of carbonyl (C=O) groups is 1. The summed E-state index contributed by atoms with van der Waals surface area (Å²) < 4.78 is 7.42. The molecule has 0 atom stereocenters. The summed E-state index contributed by atoms with van der Waals surface area (Å²) >= 11 is 1.73. The fourth-order valence-electron chi connectivity index (χ4n) is 4.26. The number of fused-ring (bicyclic) bond motifs is 2. The smallest absolute Gasteiger partial charge is 0.338 e. The van der Waals surface area contributed by atoms with Gasteiger partial charge in [0, 0.05) is 5.75 Å². The molecule has 0 aliphatic carbocycles. The zero-order valence-corrected chi connectivity index (χ0v) is 20.1. The molecule has 4 aromatic carbocycles. The Morgan fingerprint density at radius 2 is 1.71 bits per heavy atom. The number of esters is 1. The van der Waals surface area contributed by atoms with E-state index in [1.807, 2.05) is 31.2 Å². The summed E-state index contributed by atoms with van der Waals surface area (Å²) in [6.07, 6.45) is 0.